The van der Waals surface area contributed by atoms with Crippen molar-refractivity contribution in [2.24, 2.45) is 0 Å². The maximum Gasteiger partial charge on any atom is 0.340 e. The van der Waals surface area contributed by atoms with E-state index in [4.69, 9.17) is 4.74 Å². The molecule has 0 radical (unpaired) electrons. The summed E-state index contributed by atoms with van der Waals surface area (Å²) in [7, 11) is 0. The van der Waals surface area contributed by atoms with Gasteiger partial charge in [0.15, 0.2) is 12.3 Å². The van der Waals surface area contributed by atoms with Crippen molar-refractivity contribution in [3.05, 3.63) is 84.8 Å². The van der Waals surface area contributed by atoms with Crippen molar-refractivity contribution in [2.75, 3.05) is 11.9 Å². The first-order chi connectivity index (χ1) is 13.7. The van der Waals surface area contributed by atoms with Gasteiger partial charge in [0.05, 0.1) is 5.56 Å². The van der Waals surface area contributed by atoms with E-state index in [9.17, 15) is 9.59 Å². The highest BCUT2D eigenvalue weighted by Gasteiger charge is 2.13. The summed E-state index contributed by atoms with van der Waals surface area (Å²) in [6, 6.07) is 20.4. The first-order valence-corrected chi connectivity index (χ1v) is 8.61. The quantitative estimate of drug-likeness (QED) is 0.544. The second-order valence-electron chi connectivity index (χ2n) is 6.05. The summed E-state index contributed by atoms with van der Waals surface area (Å²) < 4.78 is 6.73. The molecular weight excluding hydrogens is 356 g/mol. The summed E-state index contributed by atoms with van der Waals surface area (Å²) in [6.45, 7) is -0.387. The van der Waals surface area contributed by atoms with Crippen LogP contribution in [-0.4, -0.2) is 33.1 Å². The second-order valence-corrected chi connectivity index (χ2v) is 6.05. The predicted molar refractivity (Wildman–Crippen MR) is 104 cm³/mol. The summed E-state index contributed by atoms with van der Waals surface area (Å²) >= 11 is 0. The van der Waals surface area contributed by atoms with Gasteiger partial charge in [0, 0.05) is 17.4 Å². The normalized spacial score (nSPS) is 10.6. The van der Waals surface area contributed by atoms with Gasteiger partial charge in [0.25, 0.3) is 5.91 Å². The number of ether oxygens (including phenoxy) is 1. The van der Waals surface area contributed by atoms with Gasteiger partial charge < -0.3 is 10.1 Å². The Morgan fingerprint density at radius 1 is 0.964 bits per heavy atom. The molecule has 1 amide bonds. The van der Waals surface area contributed by atoms with Crippen LogP contribution in [-0.2, 0) is 9.53 Å². The summed E-state index contributed by atoms with van der Waals surface area (Å²) in [5.41, 5.74) is 3.45. The molecule has 7 heteroatoms. The van der Waals surface area contributed by atoms with Crippen LogP contribution in [0.4, 0.5) is 5.69 Å². The number of hydrogen-bond acceptors (Lipinski definition) is 5. The van der Waals surface area contributed by atoms with Crippen LogP contribution in [0.2, 0.25) is 0 Å². The highest BCUT2D eigenvalue weighted by molar-refractivity contribution is 5.98. The molecule has 4 rings (SSSR count). The molecule has 2 aromatic heterocycles. The Labute approximate surface area is 160 Å². The number of para-hydroxylation sites is 1. The molecular formula is C21H16N4O3. The van der Waals surface area contributed by atoms with E-state index in [1.165, 1.54) is 6.33 Å². The minimum Gasteiger partial charge on any atom is -0.452 e. The predicted octanol–water partition coefficient (Wildman–Crippen LogP) is 3.19. The van der Waals surface area contributed by atoms with Gasteiger partial charge >= 0.3 is 5.97 Å². The third-order valence-corrected chi connectivity index (χ3v) is 4.15. The fraction of sp³-hybridized carbons (Fsp3) is 0.0476. The lowest BCUT2D eigenvalue weighted by molar-refractivity contribution is -0.119. The van der Waals surface area contributed by atoms with E-state index in [1.807, 2.05) is 54.6 Å². The number of rotatable bonds is 5. The Kier molecular flexibility index (Phi) is 4.79. The fourth-order valence-corrected chi connectivity index (χ4v) is 2.81. The molecule has 0 aliphatic rings. The maximum absolute atomic E-state index is 12.3. The van der Waals surface area contributed by atoms with Gasteiger partial charge in [-0.05, 0) is 23.8 Å². The molecule has 0 spiro atoms. The van der Waals surface area contributed by atoms with E-state index in [-0.39, 0.29) is 6.61 Å². The van der Waals surface area contributed by atoms with Crippen molar-refractivity contribution in [3.63, 3.8) is 0 Å². The molecule has 0 atom stereocenters. The average Bonchev–Trinajstić information content (AvgIpc) is 3.21. The van der Waals surface area contributed by atoms with Crippen LogP contribution in [0.15, 0.2) is 79.3 Å². The fourth-order valence-electron chi connectivity index (χ4n) is 2.81. The monoisotopic (exact) mass is 372 g/mol. The van der Waals surface area contributed by atoms with Crippen molar-refractivity contribution in [1.29, 1.82) is 0 Å². The number of benzene rings is 2. The topological polar surface area (TPSA) is 85.6 Å². The molecule has 0 saturated heterocycles. The zero-order valence-electron chi connectivity index (χ0n) is 14.8. The molecule has 2 aromatic carbocycles. The van der Waals surface area contributed by atoms with Gasteiger partial charge in [-0.3, -0.25) is 9.20 Å². The molecule has 1 N–H and O–H groups in total. The number of carbonyl (C=O) groups excluding carboxylic acids is 2. The zero-order valence-corrected chi connectivity index (χ0v) is 14.8. The number of pyridine rings is 1. The molecule has 138 valence electrons. The van der Waals surface area contributed by atoms with Crippen LogP contribution in [0.1, 0.15) is 10.4 Å². The lowest BCUT2D eigenvalue weighted by Crippen LogP contribution is -2.21. The zero-order chi connectivity index (χ0) is 19.3. The molecule has 0 aliphatic heterocycles. The van der Waals surface area contributed by atoms with Crippen molar-refractivity contribution >= 4 is 23.2 Å². The molecule has 4 aromatic rings. The van der Waals surface area contributed by atoms with Crippen LogP contribution in [0.5, 0.6) is 0 Å². The number of anilines is 1. The molecule has 2 heterocycles. The Morgan fingerprint density at radius 2 is 1.75 bits per heavy atom. The number of amides is 1. The minimum absolute atomic E-state index is 0.310. The Bertz CT molecular complexity index is 1140. The number of aromatic nitrogens is 3. The molecule has 28 heavy (non-hydrogen) atoms. The van der Waals surface area contributed by atoms with Crippen molar-refractivity contribution in [1.82, 2.24) is 14.6 Å². The van der Waals surface area contributed by atoms with Gasteiger partial charge in [-0.2, -0.15) is 0 Å². The largest absolute Gasteiger partial charge is 0.452 e. The SMILES string of the molecule is O=C(COC(=O)c1ccc2nncn2c1)Nc1ccccc1-c1ccccc1. The number of fused-ring (bicyclic) bond motifs is 1. The Balaban J connectivity index is 1.42. The molecule has 0 bridgehead atoms. The molecule has 7 nitrogen and oxygen atoms in total. The Morgan fingerprint density at radius 3 is 2.61 bits per heavy atom. The van der Waals surface area contributed by atoms with Gasteiger partial charge in [0.2, 0.25) is 0 Å². The summed E-state index contributed by atoms with van der Waals surface area (Å²) in [5, 5.41) is 10.4. The van der Waals surface area contributed by atoms with Crippen LogP contribution < -0.4 is 5.32 Å². The summed E-state index contributed by atoms with van der Waals surface area (Å²) in [4.78, 5) is 24.5. The number of nitrogens with one attached hydrogen (secondary N) is 1. The van der Waals surface area contributed by atoms with E-state index in [0.29, 0.717) is 16.9 Å². The van der Waals surface area contributed by atoms with E-state index in [0.717, 1.165) is 11.1 Å². The van der Waals surface area contributed by atoms with E-state index < -0.39 is 11.9 Å². The molecule has 0 aliphatic carbocycles. The van der Waals surface area contributed by atoms with E-state index >= 15 is 0 Å². The van der Waals surface area contributed by atoms with Crippen LogP contribution in [0, 0.1) is 0 Å². The van der Waals surface area contributed by atoms with Crippen molar-refractivity contribution in [3.8, 4) is 11.1 Å². The highest BCUT2D eigenvalue weighted by atomic mass is 16.5. The third kappa shape index (κ3) is 3.73. The van der Waals surface area contributed by atoms with Crippen molar-refractivity contribution < 1.29 is 14.3 Å². The Hall–Kier alpha value is -4.00. The molecule has 0 unspecified atom stereocenters. The number of esters is 1. The van der Waals surface area contributed by atoms with E-state index in [2.05, 4.69) is 15.5 Å². The first-order valence-electron chi connectivity index (χ1n) is 8.61. The smallest absolute Gasteiger partial charge is 0.340 e. The van der Waals surface area contributed by atoms with Crippen LogP contribution >= 0.6 is 0 Å². The number of carbonyl (C=O) groups is 2. The number of nitrogens with zero attached hydrogens (tertiary/aromatic N) is 3. The standard InChI is InChI=1S/C21H16N4O3/c26-20(13-28-21(27)16-10-11-19-24-22-14-25(19)12-16)23-18-9-5-4-8-17(18)15-6-2-1-3-7-15/h1-12,14H,13H2,(H,23,26). The van der Waals surface area contributed by atoms with Crippen LogP contribution in [0.25, 0.3) is 16.8 Å². The lowest BCUT2D eigenvalue weighted by Gasteiger charge is -2.11. The summed E-state index contributed by atoms with van der Waals surface area (Å²) in [6.07, 6.45) is 3.04. The minimum atomic E-state index is -0.595. The molecule has 0 fully saturated rings. The maximum atomic E-state index is 12.3. The van der Waals surface area contributed by atoms with Gasteiger partial charge in [-0.25, -0.2) is 4.79 Å². The van der Waals surface area contributed by atoms with Gasteiger partial charge in [-0.15, -0.1) is 10.2 Å². The van der Waals surface area contributed by atoms with Crippen LogP contribution in [0.3, 0.4) is 0 Å². The summed E-state index contributed by atoms with van der Waals surface area (Å²) in [5.74, 6) is -1.01. The first kappa shape index (κ1) is 17.4. The lowest BCUT2D eigenvalue weighted by atomic mass is 10.0. The third-order valence-electron chi connectivity index (χ3n) is 4.15. The van der Waals surface area contributed by atoms with Gasteiger partial charge in [0.1, 0.15) is 6.33 Å². The van der Waals surface area contributed by atoms with E-state index in [1.54, 1.807) is 22.7 Å². The highest BCUT2D eigenvalue weighted by Crippen LogP contribution is 2.27. The number of hydrogen-bond donors (Lipinski definition) is 1. The second kappa shape index (κ2) is 7.71. The average molecular weight is 372 g/mol. The molecule has 0 saturated carbocycles. The van der Waals surface area contributed by atoms with Crippen molar-refractivity contribution in [2.45, 2.75) is 0 Å². The van der Waals surface area contributed by atoms with Gasteiger partial charge in [-0.1, -0.05) is 48.5 Å².